The van der Waals surface area contributed by atoms with Gasteiger partial charge in [0.25, 0.3) is 0 Å². The number of likely N-dealkylation sites (N-methyl/N-ethyl adjacent to an activating group) is 1. The third kappa shape index (κ3) is 3.28. The van der Waals surface area contributed by atoms with Crippen LogP contribution in [0, 0.1) is 23.2 Å². The van der Waals surface area contributed by atoms with Crippen LogP contribution in [0.4, 0.5) is 0 Å². The van der Waals surface area contributed by atoms with Gasteiger partial charge in [-0.25, -0.2) is 0 Å². The first kappa shape index (κ1) is 14.6. The molecule has 0 amide bonds. The smallest absolute Gasteiger partial charge is 0.166 e. The molecule has 4 heteroatoms. The summed E-state index contributed by atoms with van der Waals surface area (Å²) in [5.74, 6) is 3.09. The van der Waals surface area contributed by atoms with Gasteiger partial charge in [-0.1, -0.05) is 0 Å². The number of quaternary nitrogens is 1. The topological polar surface area (TPSA) is 28.5 Å². The van der Waals surface area contributed by atoms with Crippen LogP contribution in [-0.4, -0.2) is 38.8 Å². The molecule has 4 aliphatic carbocycles. The minimum atomic E-state index is 0.577. The van der Waals surface area contributed by atoms with E-state index in [0.29, 0.717) is 5.41 Å². The molecule has 0 aliphatic heterocycles. The zero-order chi connectivity index (χ0) is 14.2. The summed E-state index contributed by atoms with van der Waals surface area (Å²) in [7, 11) is 4.35. The second kappa shape index (κ2) is 5.80. The summed E-state index contributed by atoms with van der Waals surface area (Å²) in [6, 6.07) is 0. The molecule has 0 saturated heterocycles. The first-order chi connectivity index (χ1) is 9.55. The van der Waals surface area contributed by atoms with E-state index < -0.39 is 0 Å². The summed E-state index contributed by atoms with van der Waals surface area (Å²) in [4.78, 5) is 1.46. The lowest BCUT2D eigenvalue weighted by Crippen LogP contribution is -3.06. The van der Waals surface area contributed by atoms with Crippen molar-refractivity contribution in [3.63, 3.8) is 0 Å². The van der Waals surface area contributed by atoms with Gasteiger partial charge >= 0.3 is 0 Å². The lowest BCUT2D eigenvalue weighted by atomic mass is 9.49. The Morgan fingerprint density at radius 2 is 1.60 bits per heavy atom. The third-order valence-corrected chi connectivity index (χ3v) is 5.99. The molecule has 0 heterocycles. The maximum Gasteiger partial charge on any atom is 0.166 e. The molecule has 0 aromatic heterocycles. The van der Waals surface area contributed by atoms with Gasteiger partial charge in [0.15, 0.2) is 5.11 Å². The fourth-order valence-electron chi connectivity index (χ4n) is 5.26. The Labute approximate surface area is 128 Å². The largest absolute Gasteiger partial charge is 0.362 e. The second-order valence-electron chi connectivity index (χ2n) is 7.98. The molecule has 4 rings (SSSR count). The predicted molar refractivity (Wildman–Crippen MR) is 86.9 cm³/mol. The molecule has 114 valence electrons. The molecule has 3 nitrogen and oxygen atoms in total. The van der Waals surface area contributed by atoms with Crippen LogP contribution in [0.3, 0.4) is 0 Å². The van der Waals surface area contributed by atoms with Crippen molar-refractivity contribution < 1.29 is 4.90 Å². The molecule has 4 aliphatic rings. The number of nitrogens with one attached hydrogen (secondary N) is 3. The van der Waals surface area contributed by atoms with Crippen molar-refractivity contribution >= 4 is 17.3 Å². The van der Waals surface area contributed by atoms with Crippen LogP contribution < -0.4 is 15.5 Å². The van der Waals surface area contributed by atoms with Crippen molar-refractivity contribution in [2.75, 3.05) is 33.7 Å². The highest BCUT2D eigenvalue weighted by Crippen LogP contribution is 2.59. The standard InChI is InChI=1S/C16H29N3S/c1-19(2)4-3-17-15(20)18-11-16-8-12-5-13(9-16)7-14(6-12)10-16/h12-14H,3-11H2,1-2H3,(H2,17,18,20)/p+1. The number of hydrogen-bond donors (Lipinski definition) is 3. The van der Waals surface area contributed by atoms with Crippen LogP contribution in [0.1, 0.15) is 38.5 Å². The zero-order valence-corrected chi connectivity index (χ0v) is 13.8. The Hall–Kier alpha value is -0.350. The maximum atomic E-state index is 5.43. The third-order valence-electron chi connectivity index (χ3n) is 5.70. The van der Waals surface area contributed by atoms with E-state index in [4.69, 9.17) is 12.2 Å². The molecule has 0 atom stereocenters. The molecule has 4 bridgehead atoms. The van der Waals surface area contributed by atoms with Crippen LogP contribution in [-0.2, 0) is 0 Å². The molecule has 0 spiro atoms. The van der Waals surface area contributed by atoms with Crippen molar-refractivity contribution in [2.45, 2.75) is 38.5 Å². The van der Waals surface area contributed by atoms with E-state index in [1.807, 2.05) is 0 Å². The summed E-state index contributed by atoms with van der Waals surface area (Å²) in [5, 5.41) is 7.73. The first-order valence-corrected chi connectivity index (χ1v) is 8.76. The molecule has 4 fully saturated rings. The fraction of sp³-hybridized carbons (Fsp3) is 0.938. The van der Waals surface area contributed by atoms with Crippen molar-refractivity contribution in [1.29, 1.82) is 0 Å². The van der Waals surface area contributed by atoms with Crippen molar-refractivity contribution in [3.05, 3.63) is 0 Å². The van der Waals surface area contributed by atoms with E-state index in [1.54, 1.807) is 0 Å². The Morgan fingerprint density at radius 3 is 2.10 bits per heavy atom. The molecule has 0 aromatic rings. The van der Waals surface area contributed by atoms with Crippen molar-refractivity contribution in [2.24, 2.45) is 23.2 Å². The highest BCUT2D eigenvalue weighted by Gasteiger charge is 2.50. The van der Waals surface area contributed by atoms with Gasteiger partial charge in [0.2, 0.25) is 0 Å². The number of hydrogen-bond acceptors (Lipinski definition) is 1. The summed E-state index contributed by atoms with van der Waals surface area (Å²) < 4.78 is 0. The van der Waals surface area contributed by atoms with Crippen LogP contribution in [0.2, 0.25) is 0 Å². The fourth-order valence-corrected chi connectivity index (χ4v) is 5.44. The van der Waals surface area contributed by atoms with Crippen molar-refractivity contribution in [1.82, 2.24) is 10.6 Å². The zero-order valence-electron chi connectivity index (χ0n) is 13.0. The van der Waals surface area contributed by atoms with E-state index in [1.165, 1.54) is 43.4 Å². The van der Waals surface area contributed by atoms with Gasteiger partial charge in [0.05, 0.1) is 27.2 Å². The SMILES string of the molecule is C[NH+](C)CCNC(=S)NCC12CC3CC(CC(C3)C1)C2. The second-order valence-corrected chi connectivity index (χ2v) is 8.39. The molecule has 0 radical (unpaired) electrons. The molecule has 20 heavy (non-hydrogen) atoms. The summed E-state index contributed by atoms with van der Waals surface area (Å²) in [5.41, 5.74) is 0.577. The van der Waals surface area contributed by atoms with Crippen LogP contribution in [0.5, 0.6) is 0 Å². The summed E-state index contributed by atoms with van der Waals surface area (Å²) in [6.07, 6.45) is 8.93. The van der Waals surface area contributed by atoms with E-state index in [0.717, 1.165) is 42.5 Å². The molecule has 0 aromatic carbocycles. The Balaban J connectivity index is 1.45. The minimum Gasteiger partial charge on any atom is -0.362 e. The quantitative estimate of drug-likeness (QED) is 0.656. The van der Waals surface area contributed by atoms with Gasteiger partial charge in [0.1, 0.15) is 0 Å². The van der Waals surface area contributed by atoms with Gasteiger partial charge in [-0.05, 0) is 73.9 Å². The lowest BCUT2D eigenvalue weighted by molar-refractivity contribution is -0.856. The average Bonchev–Trinajstić information content (AvgIpc) is 2.34. The summed E-state index contributed by atoms with van der Waals surface area (Å²) >= 11 is 5.43. The van der Waals surface area contributed by atoms with Crippen LogP contribution in [0.25, 0.3) is 0 Å². The molecular formula is C16H30N3S+. The van der Waals surface area contributed by atoms with Gasteiger partial charge in [-0.3, -0.25) is 0 Å². The van der Waals surface area contributed by atoms with E-state index in [9.17, 15) is 0 Å². The minimum absolute atomic E-state index is 0.577. The van der Waals surface area contributed by atoms with Gasteiger partial charge < -0.3 is 15.5 Å². The predicted octanol–water partition coefficient (Wildman–Crippen LogP) is 0.811. The lowest BCUT2D eigenvalue weighted by Gasteiger charge is -2.57. The van der Waals surface area contributed by atoms with Gasteiger partial charge in [-0.2, -0.15) is 0 Å². The molecule has 3 N–H and O–H groups in total. The molecular weight excluding hydrogens is 266 g/mol. The van der Waals surface area contributed by atoms with E-state index >= 15 is 0 Å². The average molecular weight is 297 g/mol. The Kier molecular flexibility index (Phi) is 4.23. The molecule has 0 unspecified atom stereocenters. The Morgan fingerprint density at radius 1 is 1.05 bits per heavy atom. The van der Waals surface area contributed by atoms with E-state index in [-0.39, 0.29) is 0 Å². The van der Waals surface area contributed by atoms with E-state index in [2.05, 4.69) is 24.7 Å². The maximum absolute atomic E-state index is 5.43. The first-order valence-electron chi connectivity index (χ1n) is 8.35. The highest BCUT2D eigenvalue weighted by molar-refractivity contribution is 7.80. The Bertz CT molecular complexity index is 331. The highest BCUT2D eigenvalue weighted by atomic mass is 32.1. The van der Waals surface area contributed by atoms with Crippen molar-refractivity contribution in [3.8, 4) is 0 Å². The van der Waals surface area contributed by atoms with Gasteiger partial charge in [-0.15, -0.1) is 0 Å². The molecule has 4 saturated carbocycles. The summed E-state index contributed by atoms with van der Waals surface area (Å²) in [6.45, 7) is 3.19. The van der Waals surface area contributed by atoms with Crippen LogP contribution >= 0.6 is 12.2 Å². The number of thiocarbonyl (C=S) groups is 1. The number of rotatable bonds is 5. The monoisotopic (exact) mass is 296 g/mol. The normalized spacial score (nSPS) is 38.2. The van der Waals surface area contributed by atoms with Gasteiger partial charge in [0, 0.05) is 6.54 Å². The van der Waals surface area contributed by atoms with Crippen LogP contribution in [0.15, 0.2) is 0 Å².